The highest BCUT2D eigenvalue weighted by Gasteiger charge is 2.28. The third-order valence-corrected chi connectivity index (χ3v) is 4.73. The summed E-state index contributed by atoms with van der Waals surface area (Å²) in [5.74, 6) is -0.594. The zero-order valence-corrected chi connectivity index (χ0v) is 13.8. The molecule has 0 atom stereocenters. The fourth-order valence-electron chi connectivity index (χ4n) is 3.60. The van der Waals surface area contributed by atoms with Crippen molar-refractivity contribution in [3.8, 4) is 22.7 Å². The van der Waals surface area contributed by atoms with Crippen LogP contribution in [-0.2, 0) is 12.8 Å². The molecule has 0 saturated carbocycles. The van der Waals surface area contributed by atoms with Crippen molar-refractivity contribution >= 4 is 5.78 Å². The van der Waals surface area contributed by atoms with Gasteiger partial charge in [-0.2, -0.15) is 0 Å². The number of carbonyl (C=O) groups excluding carboxylic acids is 1. The first-order valence-corrected chi connectivity index (χ1v) is 8.25. The standard InChI is InChI=1S/C21H17NO3/c1-13(23)18-20(24)17-12-11-14-7-5-6-10-16(14)19(17)22(21(18)25)15-8-3-2-4-9-15/h2-10,24H,11-12H2,1H3. The van der Waals surface area contributed by atoms with E-state index in [-0.39, 0.29) is 11.3 Å². The molecule has 0 bridgehead atoms. The van der Waals surface area contributed by atoms with Crippen LogP contribution in [0.15, 0.2) is 59.4 Å². The summed E-state index contributed by atoms with van der Waals surface area (Å²) < 4.78 is 1.56. The first-order chi connectivity index (χ1) is 12.1. The Morgan fingerprint density at radius 3 is 2.40 bits per heavy atom. The molecule has 0 spiro atoms. The van der Waals surface area contributed by atoms with Gasteiger partial charge in [0, 0.05) is 16.8 Å². The van der Waals surface area contributed by atoms with Crippen molar-refractivity contribution in [1.29, 1.82) is 0 Å². The van der Waals surface area contributed by atoms with E-state index in [1.165, 1.54) is 6.92 Å². The smallest absolute Gasteiger partial charge is 0.270 e. The van der Waals surface area contributed by atoms with E-state index in [0.717, 1.165) is 17.5 Å². The Balaban J connectivity index is 2.19. The fraction of sp³-hybridized carbons (Fsp3) is 0.143. The summed E-state index contributed by atoms with van der Waals surface area (Å²) in [6.45, 7) is 1.31. The second-order valence-electron chi connectivity index (χ2n) is 6.24. The van der Waals surface area contributed by atoms with Crippen LogP contribution >= 0.6 is 0 Å². The number of rotatable bonds is 2. The highest BCUT2D eigenvalue weighted by molar-refractivity contribution is 5.98. The van der Waals surface area contributed by atoms with Crippen LogP contribution in [0.3, 0.4) is 0 Å². The molecule has 4 heteroatoms. The predicted octanol–water partition coefficient (Wildman–Crippen LogP) is 3.51. The van der Waals surface area contributed by atoms with E-state index in [1.54, 1.807) is 4.57 Å². The third kappa shape index (κ3) is 2.30. The zero-order chi connectivity index (χ0) is 17.6. The van der Waals surface area contributed by atoms with Gasteiger partial charge in [-0.15, -0.1) is 0 Å². The van der Waals surface area contributed by atoms with Gasteiger partial charge in [-0.1, -0.05) is 42.5 Å². The number of Topliss-reactive ketones (excluding diaryl/α,β-unsaturated/α-hetero) is 1. The minimum absolute atomic E-state index is 0.137. The van der Waals surface area contributed by atoms with E-state index in [9.17, 15) is 14.7 Å². The normalized spacial score (nSPS) is 12.4. The van der Waals surface area contributed by atoms with Crippen molar-refractivity contribution in [3.63, 3.8) is 0 Å². The van der Waals surface area contributed by atoms with Gasteiger partial charge in [0.15, 0.2) is 5.78 Å². The molecule has 0 radical (unpaired) electrons. The quantitative estimate of drug-likeness (QED) is 0.731. The Morgan fingerprint density at radius 1 is 1.00 bits per heavy atom. The van der Waals surface area contributed by atoms with Gasteiger partial charge in [0.2, 0.25) is 0 Å². The number of ketones is 1. The van der Waals surface area contributed by atoms with Crippen molar-refractivity contribution in [2.75, 3.05) is 0 Å². The summed E-state index contributed by atoms with van der Waals surface area (Å²) in [7, 11) is 0. The van der Waals surface area contributed by atoms with Crippen molar-refractivity contribution in [3.05, 3.63) is 81.6 Å². The molecule has 25 heavy (non-hydrogen) atoms. The number of nitrogens with zero attached hydrogens (tertiary/aromatic N) is 1. The topological polar surface area (TPSA) is 59.3 Å². The van der Waals surface area contributed by atoms with Crippen LogP contribution in [0.1, 0.15) is 28.4 Å². The largest absolute Gasteiger partial charge is 0.507 e. The molecule has 124 valence electrons. The van der Waals surface area contributed by atoms with Gasteiger partial charge in [-0.05, 0) is 37.5 Å². The van der Waals surface area contributed by atoms with Crippen LogP contribution in [0.25, 0.3) is 16.9 Å². The summed E-state index contributed by atoms with van der Waals surface area (Å²) in [6.07, 6.45) is 1.35. The molecule has 0 aliphatic heterocycles. The maximum absolute atomic E-state index is 13.1. The van der Waals surface area contributed by atoms with Gasteiger partial charge in [0.05, 0.1) is 5.69 Å². The monoisotopic (exact) mass is 331 g/mol. The minimum atomic E-state index is -0.480. The number of hydrogen-bond acceptors (Lipinski definition) is 3. The predicted molar refractivity (Wildman–Crippen MR) is 96.6 cm³/mol. The molecule has 1 N–H and O–H groups in total. The van der Waals surface area contributed by atoms with Crippen LogP contribution in [0.4, 0.5) is 0 Å². The third-order valence-electron chi connectivity index (χ3n) is 4.73. The molecule has 4 rings (SSSR count). The molecular formula is C21H17NO3. The Hall–Kier alpha value is -3.14. The zero-order valence-electron chi connectivity index (χ0n) is 13.8. The van der Waals surface area contributed by atoms with Gasteiger partial charge >= 0.3 is 0 Å². The fourth-order valence-corrected chi connectivity index (χ4v) is 3.60. The number of aromatic nitrogens is 1. The number of pyridine rings is 1. The Morgan fingerprint density at radius 2 is 1.68 bits per heavy atom. The Bertz CT molecular complexity index is 1050. The van der Waals surface area contributed by atoms with E-state index in [1.807, 2.05) is 54.6 Å². The average molecular weight is 331 g/mol. The van der Waals surface area contributed by atoms with Gasteiger partial charge in [-0.3, -0.25) is 14.2 Å². The number of aromatic hydroxyl groups is 1. The van der Waals surface area contributed by atoms with Gasteiger partial charge in [0.25, 0.3) is 5.56 Å². The molecule has 0 fully saturated rings. The molecule has 0 unspecified atom stereocenters. The second-order valence-corrected chi connectivity index (χ2v) is 6.24. The first kappa shape index (κ1) is 15.4. The maximum atomic E-state index is 13.1. The summed E-state index contributed by atoms with van der Waals surface area (Å²) in [4.78, 5) is 25.1. The van der Waals surface area contributed by atoms with Crippen LogP contribution in [0.5, 0.6) is 5.75 Å². The summed E-state index contributed by atoms with van der Waals surface area (Å²) in [6, 6.07) is 17.1. The summed E-state index contributed by atoms with van der Waals surface area (Å²) in [5.41, 5.74) is 3.47. The van der Waals surface area contributed by atoms with Gasteiger partial charge in [0.1, 0.15) is 11.3 Å². The molecule has 2 aromatic carbocycles. The van der Waals surface area contributed by atoms with Crippen molar-refractivity contribution in [1.82, 2.24) is 4.57 Å². The van der Waals surface area contributed by atoms with Crippen LogP contribution in [0.2, 0.25) is 0 Å². The SMILES string of the molecule is CC(=O)c1c(O)c2c(n(-c3ccccc3)c1=O)-c1ccccc1CC2. The van der Waals surface area contributed by atoms with E-state index in [0.29, 0.717) is 23.4 Å². The lowest BCUT2D eigenvalue weighted by Gasteiger charge is -2.25. The lowest BCUT2D eigenvalue weighted by molar-refractivity contribution is 0.101. The number of aryl methyl sites for hydroxylation is 1. The van der Waals surface area contributed by atoms with Crippen molar-refractivity contribution in [2.45, 2.75) is 19.8 Å². The highest BCUT2D eigenvalue weighted by atomic mass is 16.3. The molecule has 1 aromatic heterocycles. The average Bonchev–Trinajstić information content (AvgIpc) is 2.62. The lowest BCUT2D eigenvalue weighted by Crippen LogP contribution is -2.29. The molecule has 1 aliphatic rings. The van der Waals surface area contributed by atoms with E-state index in [4.69, 9.17) is 0 Å². The summed E-state index contributed by atoms with van der Waals surface area (Å²) >= 11 is 0. The Labute approximate surface area is 145 Å². The molecule has 1 aliphatic carbocycles. The van der Waals surface area contributed by atoms with Gasteiger partial charge in [-0.25, -0.2) is 0 Å². The number of carbonyl (C=O) groups is 1. The molecular weight excluding hydrogens is 314 g/mol. The molecule has 1 heterocycles. The number of hydrogen-bond donors (Lipinski definition) is 1. The summed E-state index contributed by atoms with van der Waals surface area (Å²) in [5, 5.41) is 10.6. The first-order valence-electron chi connectivity index (χ1n) is 8.25. The van der Waals surface area contributed by atoms with Gasteiger partial charge < -0.3 is 5.11 Å². The number of para-hydroxylation sites is 1. The molecule has 0 amide bonds. The van der Waals surface area contributed by atoms with E-state index in [2.05, 4.69) is 0 Å². The molecule has 3 aromatic rings. The molecule has 4 nitrogen and oxygen atoms in total. The number of benzene rings is 2. The minimum Gasteiger partial charge on any atom is -0.507 e. The lowest BCUT2D eigenvalue weighted by atomic mass is 9.87. The maximum Gasteiger partial charge on any atom is 0.270 e. The van der Waals surface area contributed by atoms with Crippen LogP contribution in [0, 0.1) is 0 Å². The number of fused-ring (bicyclic) bond motifs is 3. The van der Waals surface area contributed by atoms with Crippen molar-refractivity contribution < 1.29 is 9.90 Å². The van der Waals surface area contributed by atoms with Crippen LogP contribution < -0.4 is 5.56 Å². The van der Waals surface area contributed by atoms with E-state index < -0.39 is 11.3 Å². The van der Waals surface area contributed by atoms with Crippen LogP contribution in [-0.4, -0.2) is 15.5 Å². The highest BCUT2D eigenvalue weighted by Crippen LogP contribution is 2.39. The van der Waals surface area contributed by atoms with E-state index >= 15 is 0 Å². The molecule has 0 saturated heterocycles. The second kappa shape index (κ2) is 5.74. The Kier molecular flexibility index (Phi) is 3.53. The van der Waals surface area contributed by atoms with Crippen molar-refractivity contribution in [2.24, 2.45) is 0 Å².